The van der Waals surface area contributed by atoms with Crippen molar-refractivity contribution in [1.29, 1.82) is 0 Å². The summed E-state index contributed by atoms with van der Waals surface area (Å²) in [5, 5.41) is 5.29. The molecule has 1 unspecified atom stereocenters. The molecule has 4 rings (SSSR count). The molecule has 0 bridgehead atoms. The molecule has 2 N–H and O–H groups in total. The minimum absolute atomic E-state index is 0.170. The summed E-state index contributed by atoms with van der Waals surface area (Å²) < 4.78 is 18.6. The first-order chi connectivity index (χ1) is 17.5. The van der Waals surface area contributed by atoms with Gasteiger partial charge in [-0.05, 0) is 79.2 Å². The lowest BCUT2D eigenvalue weighted by Gasteiger charge is -2.18. The van der Waals surface area contributed by atoms with Gasteiger partial charge in [0.1, 0.15) is 16.8 Å². The van der Waals surface area contributed by atoms with Crippen LogP contribution in [0.4, 0.5) is 15.8 Å². The second-order valence-electron chi connectivity index (χ2n) is 7.84. The molecule has 0 aliphatic carbocycles. The molecule has 0 saturated carbocycles. The number of thioether (sulfide) groups is 1. The highest BCUT2D eigenvalue weighted by Crippen LogP contribution is 2.37. The first-order valence-corrected chi connectivity index (χ1v) is 12.3. The minimum Gasteiger partial charge on any atom is -0.494 e. The summed E-state index contributed by atoms with van der Waals surface area (Å²) in [6, 6.07) is 29.4. The quantitative estimate of drug-likeness (QED) is 0.244. The van der Waals surface area contributed by atoms with Gasteiger partial charge < -0.3 is 15.4 Å². The number of carbonyl (C=O) groups excluding carboxylic acids is 2. The number of rotatable bonds is 9. The molecule has 0 saturated heterocycles. The maximum absolute atomic E-state index is 13.3. The Kier molecular flexibility index (Phi) is 8.36. The van der Waals surface area contributed by atoms with Crippen molar-refractivity contribution < 1.29 is 18.7 Å². The average molecular weight is 501 g/mol. The van der Waals surface area contributed by atoms with Gasteiger partial charge in [0, 0.05) is 21.8 Å². The van der Waals surface area contributed by atoms with Crippen molar-refractivity contribution in [3.63, 3.8) is 0 Å². The molecule has 0 fully saturated rings. The normalized spacial score (nSPS) is 11.4. The summed E-state index contributed by atoms with van der Waals surface area (Å²) in [6.07, 6.45) is 0. The molecule has 1 atom stereocenters. The highest BCUT2D eigenvalue weighted by molar-refractivity contribution is 8.00. The zero-order valence-corrected chi connectivity index (χ0v) is 20.4. The average Bonchev–Trinajstić information content (AvgIpc) is 2.89. The molecule has 0 radical (unpaired) electrons. The van der Waals surface area contributed by atoms with Crippen molar-refractivity contribution in [2.45, 2.75) is 17.1 Å². The van der Waals surface area contributed by atoms with E-state index in [1.165, 1.54) is 36.0 Å². The Morgan fingerprint density at radius 2 is 1.56 bits per heavy atom. The predicted octanol–water partition coefficient (Wildman–Crippen LogP) is 6.95. The summed E-state index contributed by atoms with van der Waals surface area (Å²) in [7, 11) is 0. The summed E-state index contributed by atoms with van der Waals surface area (Å²) in [6.45, 7) is 2.49. The first kappa shape index (κ1) is 25.0. The second-order valence-corrected chi connectivity index (χ2v) is 9.02. The van der Waals surface area contributed by atoms with Crippen LogP contribution in [0.2, 0.25) is 0 Å². The summed E-state index contributed by atoms with van der Waals surface area (Å²) in [4.78, 5) is 26.7. The van der Waals surface area contributed by atoms with Gasteiger partial charge >= 0.3 is 0 Å². The van der Waals surface area contributed by atoms with Crippen molar-refractivity contribution in [3.8, 4) is 5.75 Å². The van der Waals surface area contributed by atoms with Gasteiger partial charge in [0.05, 0.1) is 6.61 Å². The van der Waals surface area contributed by atoms with Gasteiger partial charge in [0.2, 0.25) is 5.91 Å². The molecule has 0 aromatic heterocycles. The van der Waals surface area contributed by atoms with Crippen LogP contribution < -0.4 is 15.4 Å². The van der Waals surface area contributed by atoms with Crippen LogP contribution in [-0.4, -0.2) is 18.4 Å². The third-order valence-corrected chi connectivity index (χ3v) is 6.47. The largest absolute Gasteiger partial charge is 0.494 e. The van der Waals surface area contributed by atoms with Gasteiger partial charge in [0.15, 0.2) is 0 Å². The van der Waals surface area contributed by atoms with E-state index in [0.29, 0.717) is 23.5 Å². The van der Waals surface area contributed by atoms with E-state index in [0.717, 1.165) is 16.2 Å². The van der Waals surface area contributed by atoms with Crippen LogP contribution in [0.15, 0.2) is 108 Å². The highest BCUT2D eigenvalue weighted by atomic mass is 32.2. The first-order valence-electron chi connectivity index (χ1n) is 11.4. The molecule has 0 heterocycles. The highest BCUT2D eigenvalue weighted by Gasteiger charge is 2.22. The Bertz CT molecular complexity index is 1310. The number of halogens is 1. The summed E-state index contributed by atoms with van der Waals surface area (Å²) >= 11 is 1.38. The number of benzene rings is 4. The number of hydrogen-bond acceptors (Lipinski definition) is 4. The molecule has 0 spiro atoms. The second kappa shape index (κ2) is 12.0. The number of carbonyl (C=O) groups is 2. The third-order valence-electron chi connectivity index (χ3n) is 5.23. The molecule has 0 aliphatic rings. The molecule has 5 nitrogen and oxygen atoms in total. The maximum atomic E-state index is 13.3. The van der Waals surface area contributed by atoms with Crippen LogP contribution in [-0.2, 0) is 4.79 Å². The lowest BCUT2D eigenvalue weighted by Crippen LogP contribution is -2.19. The number of hydrogen-bond donors (Lipinski definition) is 2. The van der Waals surface area contributed by atoms with E-state index in [1.54, 1.807) is 18.2 Å². The lowest BCUT2D eigenvalue weighted by molar-refractivity contribution is -0.115. The topological polar surface area (TPSA) is 67.4 Å². The van der Waals surface area contributed by atoms with Crippen LogP contribution in [0.25, 0.3) is 0 Å². The number of nitrogens with one attached hydrogen (secondary N) is 2. The Hall–Kier alpha value is -4.10. The van der Waals surface area contributed by atoms with Gasteiger partial charge in [-0.3, -0.25) is 9.59 Å². The molecule has 182 valence electrons. The maximum Gasteiger partial charge on any atom is 0.255 e. The molecule has 7 heteroatoms. The molecular formula is C29H25FN2O3S. The number of ether oxygens (including phenoxy) is 1. The van der Waals surface area contributed by atoms with Crippen LogP contribution in [0.3, 0.4) is 0 Å². The van der Waals surface area contributed by atoms with Gasteiger partial charge in [-0.2, -0.15) is 0 Å². The van der Waals surface area contributed by atoms with E-state index in [4.69, 9.17) is 4.74 Å². The Morgan fingerprint density at radius 1 is 0.833 bits per heavy atom. The zero-order valence-electron chi connectivity index (χ0n) is 19.6. The Balaban J connectivity index is 1.51. The third kappa shape index (κ3) is 6.73. The van der Waals surface area contributed by atoms with Crippen LogP contribution in [0, 0.1) is 5.82 Å². The van der Waals surface area contributed by atoms with E-state index in [-0.39, 0.29) is 11.8 Å². The standard InChI is InChI=1S/C29H25FN2O3S/c1-2-35-25-17-15-23(16-18-25)31-29(34)27(20-7-4-3-5-8-20)36-26-10-6-9-24(19-26)32-28(33)21-11-13-22(30)14-12-21/h3-19,27H,2H2,1H3,(H,31,34)(H,32,33). The summed E-state index contributed by atoms with van der Waals surface area (Å²) in [5.41, 5.74) is 2.45. The summed E-state index contributed by atoms with van der Waals surface area (Å²) in [5.74, 6) is -0.175. The van der Waals surface area contributed by atoms with Gasteiger partial charge in [-0.25, -0.2) is 4.39 Å². The lowest BCUT2D eigenvalue weighted by atomic mass is 10.1. The Labute approximate surface area is 213 Å². The smallest absolute Gasteiger partial charge is 0.255 e. The van der Waals surface area contributed by atoms with E-state index in [1.807, 2.05) is 67.6 Å². The number of amides is 2. The van der Waals surface area contributed by atoms with E-state index >= 15 is 0 Å². The number of anilines is 2. The Morgan fingerprint density at radius 3 is 2.25 bits per heavy atom. The predicted molar refractivity (Wildman–Crippen MR) is 142 cm³/mol. The van der Waals surface area contributed by atoms with Crippen molar-refractivity contribution in [2.75, 3.05) is 17.2 Å². The van der Waals surface area contributed by atoms with E-state index in [2.05, 4.69) is 10.6 Å². The minimum atomic E-state index is -0.527. The fraction of sp³-hybridized carbons (Fsp3) is 0.103. The van der Waals surface area contributed by atoms with Crippen molar-refractivity contribution >= 4 is 35.0 Å². The molecular weight excluding hydrogens is 475 g/mol. The van der Waals surface area contributed by atoms with Gasteiger partial charge in [-0.15, -0.1) is 11.8 Å². The molecule has 0 aliphatic heterocycles. The van der Waals surface area contributed by atoms with Crippen molar-refractivity contribution in [1.82, 2.24) is 0 Å². The monoisotopic (exact) mass is 500 g/mol. The zero-order chi connectivity index (χ0) is 25.3. The van der Waals surface area contributed by atoms with E-state index in [9.17, 15) is 14.0 Å². The van der Waals surface area contributed by atoms with E-state index < -0.39 is 11.1 Å². The van der Waals surface area contributed by atoms with Crippen LogP contribution >= 0.6 is 11.8 Å². The van der Waals surface area contributed by atoms with Crippen molar-refractivity contribution in [2.24, 2.45) is 0 Å². The van der Waals surface area contributed by atoms with Crippen LogP contribution in [0.5, 0.6) is 5.75 Å². The van der Waals surface area contributed by atoms with Crippen LogP contribution in [0.1, 0.15) is 28.1 Å². The van der Waals surface area contributed by atoms with Gasteiger partial charge in [-0.1, -0.05) is 36.4 Å². The molecule has 4 aromatic rings. The SMILES string of the molecule is CCOc1ccc(NC(=O)C(Sc2cccc(NC(=O)c3ccc(F)cc3)c2)c2ccccc2)cc1. The van der Waals surface area contributed by atoms with Crippen molar-refractivity contribution in [3.05, 3.63) is 120 Å². The molecule has 2 amide bonds. The van der Waals surface area contributed by atoms with Gasteiger partial charge in [0.25, 0.3) is 5.91 Å². The fourth-order valence-electron chi connectivity index (χ4n) is 3.50. The fourth-order valence-corrected chi connectivity index (χ4v) is 4.58. The molecule has 36 heavy (non-hydrogen) atoms. The molecule has 4 aromatic carbocycles.